The van der Waals surface area contributed by atoms with Crippen molar-refractivity contribution in [2.45, 2.75) is 43.2 Å². The highest BCUT2D eigenvalue weighted by Crippen LogP contribution is 2.37. The van der Waals surface area contributed by atoms with E-state index in [1.54, 1.807) is 49.5 Å². The number of nitrogens with one attached hydrogen (secondary N) is 3. The maximum absolute atomic E-state index is 12.3. The molecule has 0 aliphatic rings. The summed E-state index contributed by atoms with van der Waals surface area (Å²) in [6.07, 6.45) is -0.890. The quantitative estimate of drug-likeness (QED) is 0.165. The minimum atomic E-state index is -1.33. The molecule has 5 N–H and O–H groups in total. The normalized spacial score (nSPS) is 11.2. The van der Waals surface area contributed by atoms with Gasteiger partial charge in [0.05, 0.1) is 12.1 Å². The van der Waals surface area contributed by atoms with Gasteiger partial charge in [0.15, 0.2) is 5.60 Å². The van der Waals surface area contributed by atoms with Gasteiger partial charge in [-0.3, -0.25) is 9.59 Å². The van der Waals surface area contributed by atoms with Crippen LogP contribution in [0.15, 0.2) is 53.6 Å². The fourth-order valence-corrected chi connectivity index (χ4v) is 4.97. The van der Waals surface area contributed by atoms with Crippen LogP contribution in [0.5, 0.6) is 5.75 Å². The molecule has 1 aromatic heterocycles. The van der Waals surface area contributed by atoms with Crippen LogP contribution in [0.2, 0.25) is 0 Å². The molecule has 3 amide bonds. The van der Waals surface area contributed by atoms with Crippen molar-refractivity contribution in [3.63, 3.8) is 0 Å². The summed E-state index contributed by atoms with van der Waals surface area (Å²) in [7, 11) is 1.55. The number of benzene rings is 2. The van der Waals surface area contributed by atoms with E-state index in [4.69, 9.17) is 20.5 Å². The molecule has 0 bridgehead atoms. The number of nitrogen functional groups attached to an aromatic ring is 1. The maximum Gasteiger partial charge on any atom is 0.409 e. The number of amides is 3. The van der Waals surface area contributed by atoms with Crippen LogP contribution in [-0.2, 0) is 15.3 Å². The molecule has 14 heteroatoms. The summed E-state index contributed by atoms with van der Waals surface area (Å²) in [5.74, 6) is 0.172. The van der Waals surface area contributed by atoms with Gasteiger partial charge in [-0.15, -0.1) is 11.8 Å². The molecule has 0 aliphatic carbocycles. The van der Waals surface area contributed by atoms with Crippen molar-refractivity contribution in [3.05, 3.63) is 70.8 Å². The summed E-state index contributed by atoms with van der Waals surface area (Å²) in [6.45, 7) is 4.57. The van der Waals surface area contributed by atoms with Gasteiger partial charge in [-0.25, -0.2) is 9.78 Å². The summed E-state index contributed by atoms with van der Waals surface area (Å²) < 4.78 is 10.7. The van der Waals surface area contributed by atoms with E-state index in [9.17, 15) is 24.9 Å². The van der Waals surface area contributed by atoms with E-state index in [0.29, 0.717) is 33.2 Å². The molecule has 0 saturated carbocycles. The number of hydrogen-bond acceptors (Lipinski definition) is 11. The highest BCUT2D eigenvalue weighted by atomic mass is 32.2. The second-order valence-electron chi connectivity index (χ2n) is 10.3. The van der Waals surface area contributed by atoms with Gasteiger partial charge in [0.1, 0.15) is 53.0 Å². The number of thioether (sulfide) groups is 1. The number of carbonyl (C=O) groups is 3. The first-order valence-corrected chi connectivity index (χ1v) is 14.9. The van der Waals surface area contributed by atoms with Crippen LogP contribution in [0.3, 0.4) is 0 Å². The number of aromatic nitrogens is 1. The van der Waals surface area contributed by atoms with E-state index in [1.807, 2.05) is 12.1 Å². The average Bonchev–Trinajstić information content (AvgIpc) is 3.04. The summed E-state index contributed by atoms with van der Waals surface area (Å²) in [6, 6.07) is 18.9. The predicted molar refractivity (Wildman–Crippen MR) is 170 cm³/mol. The van der Waals surface area contributed by atoms with Gasteiger partial charge in [-0.05, 0) is 56.2 Å². The Morgan fingerprint density at radius 1 is 1.07 bits per heavy atom. The summed E-state index contributed by atoms with van der Waals surface area (Å²) >= 11 is 1.27. The average molecular weight is 641 g/mol. The monoisotopic (exact) mass is 640 g/mol. The standard InChI is InChI=1S/C32H32N8O5S/c1-19(39-31(43)45-32(2,3)18-35)28(41)38-12-13-44-23-10-8-21(9-11-23)26-24(15-33)27(36)40-30(25(26)16-34)46-17-20-6-5-7-22(14-20)29(42)37-4/h5-11,14,19H,12-13,17H2,1-4H3,(H2,36,40)(H,37,42)(H,38,41)(H,39,43)/t19-/m0/s1. The SMILES string of the molecule is CNC(=O)c1cccc(CSc2nc(N)c(C#N)c(-c3ccc(OCCNC(=O)[C@H](C)NC(=O)OC(C)(C)C#N)cc3)c2C#N)c1. The molecule has 0 saturated heterocycles. The number of rotatable bonds is 12. The minimum Gasteiger partial charge on any atom is -0.492 e. The van der Waals surface area contributed by atoms with Gasteiger partial charge in [0.2, 0.25) is 5.91 Å². The van der Waals surface area contributed by atoms with E-state index in [2.05, 4.69) is 33.1 Å². The van der Waals surface area contributed by atoms with Gasteiger partial charge >= 0.3 is 6.09 Å². The van der Waals surface area contributed by atoms with Crippen LogP contribution in [0.1, 0.15) is 47.8 Å². The Balaban J connectivity index is 1.66. The Labute approximate surface area is 270 Å². The Bertz CT molecular complexity index is 1740. The van der Waals surface area contributed by atoms with Crippen molar-refractivity contribution in [1.82, 2.24) is 20.9 Å². The first-order chi connectivity index (χ1) is 21.9. The lowest BCUT2D eigenvalue weighted by Gasteiger charge is -2.19. The number of nitrogens with zero attached hydrogens (tertiary/aromatic N) is 4. The Morgan fingerprint density at radius 2 is 1.76 bits per heavy atom. The third kappa shape index (κ3) is 9.11. The summed E-state index contributed by atoms with van der Waals surface area (Å²) in [4.78, 5) is 40.5. The van der Waals surface area contributed by atoms with E-state index in [-0.39, 0.29) is 36.0 Å². The van der Waals surface area contributed by atoms with Gasteiger partial charge in [-0.2, -0.15) is 15.8 Å². The van der Waals surface area contributed by atoms with Crippen LogP contribution in [0.4, 0.5) is 10.6 Å². The Hall–Kier alpha value is -5.78. The molecule has 2 aromatic carbocycles. The summed E-state index contributed by atoms with van der Waals surface area (Å²) in [5.41, 5.74) is 7.32. The number of anilines is 1. The van der Waals surface area contributed by atoms with Crippen LogP contribution >= 0.6 is 11.8 Å². The molecule has 0 unspecified atom stereocenters. The minimum absolute atomic E-state index is 0.0139. The highest BCUT2D eigenvalue weighted by molar-refractivity contribution is 7.98. The zero-order valence-electron chi connectivity index (χ0n) is 25.6. The predicted octanol–water partition coefficient (Wildman–Crippen LogP) is 3.64. The number of carbonyl (C=O) groups excluding carboxylic acids is 3. The summed E-state index contributed by atoms with van der Waals surface area (Å²) in [5, 5.41) is 36.8. The molecule has 1 heterocycles. The Morgan fingerprint density at radius 3 is 2.39 bits per heavy atom. The smallest absolute Gasteiger partial charge is 0.409 e. The molecule has 3 rings (SSSR count). The van der Waals surface area contributed by atoms with Crippen molar-refractivity contribution in [3.8, 4) is 35.1 Å². The second-order valence-corrected chi connectivity index (χ2v) is 11.2. The van der Waals surface area contributed by atoms with Gasteiger partial charge in [0.25, 0.3) is 5.91 Å². The molecule has 0 spiro atoms. The van der Waals surface area contributed by atoms with Crippen LogP contribution < -0.4 is 26.4 Å². The molecular weight excluding hydrogens is 608 g/mol. The molecule has 236 valence electrons. The van der Waals surface area contributed by atoms with Gasteiger partial charge < -0.3 is 31.2 Å². The largest absolute Gasteiger partial charge is 0.492 e. The van der Waals surface area contributed by atoms with E-state index in [1.165, 1.54) is 32.5 Å². The second kappa shape index (κ2) is 15.8. The molecule has 13 nitrogen and oxygen atoms in total. The molecule has 0 radical (unpaired) electrons. The zero-order valence-corrected chi connectivity index (χ0v) is 26.4. The molecule has 0 aliphatic heterocycles. The van der Waals surface area contributed by atoms with Gasteiger partial charge in [-0.1, -0.05) is 24.3 Å². The fraction of sp³-hybridized carbons (Fsp3) is 0.281. The maximum atomic E-state index is 12.3. The lowest BCUT2D eigenvalue weighted by molar-refractivity contribution is -0.122. The third-order valence-corrected chi connectivity index (χ3v) is 7.41. The zero-order chi connectivity index (χ0) is 33.9. The third-order valence-electron chi connectivity index (χ3n) is 6.37. The first kappa shape index (κ1) is 34.7. The van der Waals surface area contributed by atoms with Crippen LogP contribution in [0.25, 0.3) is 11.1 Å². The molecule has 46 heavy (non-hydrogen) atoms. The van der Waals surface area contributed by atoms with Crippen LogP contribution in [0, 0.1) is 34.0 Å². The van der Waals surface area contributed by atoms with Crippen molar-refractivity contribution in [2.24, 2.45) is 0 Å². The number of ether oxygens (including phenoxy) is 2. The van der Waals surface area contributed by atoms with E-state index < -0.39 is 23.6 Å². The number of nitriles is 3. The van der Waals surface area contributed by atoms with Crippen molar-refractivity contribution >= 4 is 35.5 Å². The molecule has 3 aromatic rings. The Kier molecular flexibility index (Phi) is 11.9. The van der Waals surface area contributed by atoms with Crippen molar-refractivity contribution < 1.29 is 23.9 Å². The van der Waals surface area contributed by atoms with E-state index in [0.717, 1.165) is 5.56 Å². The number of hydrogen-bond donors (Lipinski definition) is 4. The van der Waals surface area contributed by atoms with Crippen LogP contribution in [-0.4, -0.2) is 54.7 Å². The lowest BCUT2D eigenvalue weighted by atomic mass is 9.97. The van der Waals surface area contributed by atoms with E-state index >= 15 is 0 Å². The number of alkyl carbamates (subject to hydrolysis) is 1. The fourth-order valence-electron chi connectivity index (χ4n) is 4.03. The topological polar surface area (TPSA) is 216 Å². The van der Waals surface area contributed by atoms with Crippen molar-refractivity contribution in [1.29, 1.82) is 15.8 Å². The molecule has 1 atom stereocenters. The molecular formula is C32H32N8O5S. The lowest BCUT2D eigenvalue weighted by Crippen LogP contribution is -2.47. The highest BCUT2D eigenvalue weighted by Gasteiger charge is 2.25. The van der Waals surface area contributed by atoms with Crippen molar-refractivity contribution in [2.75, 3.05) is 25.9 Å². The molecule has 0 fully saturated rings. The number of nitrogens with two attached hydrogens (primary N) is 1. The first-order valence-electron chi connectivity index (χ1n) is 13.9. The number of pyridine rings is 1. The van der Waals surface area contributed by atoms with Gasteiger partial charge in [0, 0.05) is 23.9 Å².